The molecule has 0 aliphatic carbocycles. The number of nitrogens with one attached hydrogen (secondary N) is 1. The van der Waals surface area contributed by atoms with Crippen molar-refractivity contribution in [3.05, 3.63) is 28.8 Å². The predicted molar refractivity (Wildman–Crippen MR) is 61.0 cm³/mol. The molecule has 0 heterocycles. The minimum absolute atomic E-state index is 0.112. The van der Waals surface area contributed by atoms with Gasteiger partial charge in [0.05, 0.1) is 16.3 Å². The first-order valence-corrected chi connectivity index (χ1v) is 5.13. The molecule has 0 bridgehead atoms. The maximum absolute atomic E-state index is 8.92. The van der Waals surface area contributed by atoms with E-state index in [2.05, 4.69) is 11.4 Å². The third kappa shape index (κ3) is 3.12. The first-order valence-electron chi connectivity index (χ1n) is 4.75. The van der Waals surface area contributed by atoms with Gasteiger partial charge in [-0.1, -0.05) is 17.7 Å². The lowest BCUT2D eigenvalue weighted by Crippen LogP contribution is -2.17. The van der Waals surface area contributed by atoms with Gasteiger partial charge in [0.2, 0.25) is 0 Å². The summed E-state index contributed by atoms with van der Waals surface area (Å²) in [6, 6.07) is 7.44. The van der Waals surface area contributed by atoms with E-state index in [1.54, 1.807) is 18.2 Å². The molecule has 1 aromatic rings. The van der Waals surface area contributed by atoms with Crippen LogP contribution in [0.1, 0.15) is 18.9 Å². The molecule has 0 amide bonds. The minimum atomic E-state index is 0.112. The molecule has 2 N–H and O–H groups in total. The average molecular weight is 225 g/mol. The molecule has 0 aliphatic heterocycles. The van der Waals surface area contributed by atoms with Crippen molar-refractivity contribution in [2.75, 3.05) is 11.9 Å². The molecule has 0 saturated heterocycles. The van der Waals surface area contributed by atoms with Crippen molar-refractivity contribution in [1.82, 2.24) is 0 Å². The van der Waals surface area contributed by atoms with E-state index in [-0.39, 0.29) is 12.6 Å². The standard InChI is InChI=1S/C11H13ClN2O/c1-8(5-6-15)14-11-4-2-3-10(12)9(11)7-13/h2-4,8,14-15H,5-6H2,1H3. The smallest absolute Gasteiger partial charge is 0.103 e. The van der Waals surface area contributed by atoms with E-state index >= 15 is 0 Å². The van der Waals surface area contributed by atoms with Gasteiger partial charge in [0, 0.05) is 12.6 Å². The lowest BCUT2D eigenvalue weighted by molar-refractivity contribution is 0.282. The van der Waals surface area contributed by atoms with Crippen LogP contribution < -0.4 is 5.32 Å². The zero-order chi connectivity index (χ0) is 11.3. The number of anilines is 1. The summed E-state index contributed by atoms with van der Waals surface area (Å²) in [5.74, 6) is 0. The molecule has 15 heavy (non-hydrogen) atoms. The molecule has 1 atom stereocenters. The zero-order valence-corrected chi connectivity index (χ0v) is 9.25. The summed E-state index contributed by atoms with van der Waals surface area (Å²) in [6.45, 7) is 2.06. The summed E-state index contributed by atoms with van der Waals surface area (Å²) in [7, 11) is 0. The lowest BCUT2D eigenvalue weighted by Gasteiger charge is -2.15. The van der Waals surface area contributed by atoms with Crippen molar-refractivity contribution < 1.29 is 5.11 Å². The summed E-state index contributed by atoms with van der Waals surface area (Å²) < 4.78 is 0. The second-order valence-electron chi connectivity index (χ2n) is 3.33. The highest BCUT2D eigenvalue weighted by Crippen LogP contribution is 2.23. The Bertz CT molecular complexity index is 373. The van der Waals surface area contributed by atoms with Gasteiger partial charge in [-0.25, -0.2) is 0 Å². The van der Waals surface area contributed by atoms with E-state index < -0.39 is 0 Å². The summed E-state index contributed by atoms with van der Waals surface area (Å²) in [4.78, 5) is 0. The van der Waals surface area contributed by atoms with Crippen LogP contribution in [0.4, 0.5) is 5.69 Å². The van der Waals surface area contributed by atoms with Crippen LogP contribution in [0, 0.1) is 11.3 Å². The Morgan fingerprint density at radius 2 is 2.33 bits per heavy atom. The first kappa shape index (κ1) is 11.8. The number of hydrogen-bond acceptors (Lipinski definition) is 3. The van der Waals surface area contributed by atoms with Crippen molar-refractivity contribution in [3.63, 3.8) is 0 Å². The van der Waals surface area contributed by atoms with E-state index in [1.165, 1.54) is 0 Å². The third-order valence-electron chi connectivity index (χ3n) is 2.09. The van der Waals surface area contributed by atoms with Crippen LogP contribution in [0.25, 0.3) is 0 Å². The third-order valence-corrected chi connectivity index (χ3v) is 2.40. The molecule has 0 fully saturated rings. The van der Waals surface area contributed by atoms with Crippen LogP contribution >= 0.6 is 11.6 Å². The van der Waals surface area contributed by atoms with E-state index in [0.29, 0.717) is 22.7 Å². The molecule has 0 spiro atoms. The van der Waals surface area contributed by atoms with Gasteiger partial charge in [0.1, 0.15) is 6.07 Å². The number of hydrogen-bond donors (Lipinski definition) is 2. The lowest BCUT2D eigenvalue weighted by atomic mass is 10.1. The molecule has 1 unspecified atom stereocenters. The van der Waals surface area contributed by atoms with Crippen molar-refractivity contribution in [3.8, 4) is 6.07 Å². The van der Waals surface area contributed by atoms with E-state index in [9.17, 15) is 0 Å². The van der Waals surface area contributed by atoms with Gasteiger partial charge in [-0.05, 0) is 25.5 Å². The molecule has 0 saturated carbocycles. The summed E-state index contributed by atoms with van der Waals surface area (Å²) in [5.41, 5.74) is 1.16. The Labute approximate surface area is 94.3 Å². The molecule has 4 heteroatoms. The van der Waals surface area contributed by atoms with E-state index in [1.807, 2.05) is 6.92 Å². The number of halogens is 1. The molecule has 3 nitrogen and oxygen atoms in total. The first-order chi connectivity index (χ1) is 7.19. The van der Waals surface area contributed by atoms with Gasteiger partial charge >= 0.3 is 0 Å². The Kier molecular flexibility index (Phi) is 4.41. The van der Waals surface area contributed by atoms with Gasteiger partial charge in [0.25, 0.3) is 0 Å². The SMILES string of the molecule is CC(CCO)Nc1cccc(Cl)c1C#N. The number of nitrogens with zero attached hydrogens (tertiary/aromatic N) is 1. The summed E-state index contributed by atoms with van der Waals surface area (Å²) in [5, 5.41) is 21.3. The summed E-state index contributed by atoms with van der Waals surface area (Å²) >= 11 is 5.88. The van der Waals surface area contributed by atoms with Crippen LogP contribution in [0.5, 0.6) is 0 Å². The van der Waals surface area contributed by atoms with Crippen molar-refractivity contribution in [2.24, 2.45) is 0 Å². The van der Waals surface area contributed by atoms with Crippen LogP contribution in [0.3, 0.4) is 0 Å². The minimum Gasteiger partial charge on any atom is -0.396 e. The molecular weight excluding hydrogens is 212 g/mol. The van der Waals surface area contributed by atoms with E-state index in [0.717, 1.165) is 0 Å². The molecule has 0 aliphatic rings. The van der Waals surface area contributed by atoms with Gasteiger partial charge in [-0.2, -0.15) is 5.26 Å². The van der Waals surface area contributed by atoms with E-state index in [4.69, 9.17) is 22.0 Å². The van der Waals surface area contributed by atoms with Gasteiger partial charge in [-0.15, -0.1) is 0 Å². The predicted octanol–water partition coefficient (Wildman–Crippen LogP) is 2.39. The monoisotopic (exact) mass is 224 g/mol. The van der Waals surface area contributed by atoms with Crippen molar-refractivity contribution >= 4 is 17.3 Å². The van der Waals surface area contributed by atoms with Crippen LogP contribution in [-0.4, -0.2) is 17.8 Å². The highest BCUT2D eigenvalue weighted by atomic mass is 35.5. The Morgan fingerprint density at radius 1 is 1.60 bits per heavy atom. The molecule has 1 rings (SSSR count). The Morgan fingerprint density at radius 3 is 2.93 bits per heavy atom. The second kappa shape index (κ2) is 5.59. The van der Waals surface area contributed by atoms with Crippen LogP contribution in [-0.2, 0) is 0 Å². The highest BCUT2D eigenvalue weighted by molar-refractivity contribution is 6.32. The molecule has 80 valence electrons. The number of rotatable bonds is 4. The normalized spacial score (nSPS) is 11.9. The zero-order valence-electron chi connectivity index (χ0n) is 8.50. The fourth-order valence-electron chi connectivity index (χ4n) is 1.29. The fraction of sp³-hybridized carbons (Fsp3) is 0.364. The highest BCUT2D eigenvalue weighted by Gasteiger charge is 2.08. The Hall–Kier alpha value is -1.24. The average Bonchev–Trinajstić information content (AvgIpc) is 2.18. The number of nitriles is 1. The van der Waals surface area contributed by atoms with Crippen molar-refractivity contribution in [1.29, 1.82) is 5.26 Å². The summed E-state index contributed by atoms with van der Waals surface area (Å²) in [6.07, 6.45) is 0.636. The quantitative estimate of drug-likeness (QED) is 0.826. The molecule has 0 aromatic heterocycles. The molecule has 0 radical (unpaired) electrons. The fourth-order valence-corrected chi connectivity index (χ4v) is 1.51. The topological polar surface area (TPSA) is 56.0 Å². The molecular formula is C11H13ClN2O. The van der Waals surface area contributed by atoms with Crippen molar-refractivity contribution in [2.45, 2.75) is 19.4 Å². The van der Waals surface area contributed by atoms with Crippen LogP contribution in [0.2, 0.25) is 5.02 Å². The van der Waals surface area contributed by atoms with Gasteiger partial charge < -0.3 is 10.4 Å². The molecule has 1 aromatic carbocycles. The maximum atomic E-state index is 8.92. The van der Waals surface area contributed by atoms with Gasteiger partial charge in [0.15, 0.2) is 0 Å². The van der Waals surface area contributed by atoms with Crippen LogP contribution in [0.15, 0.2) is 18.2 Å². The largest absolute Gasteiger partial charge is 0.396 e. The Balaban J connectivity index is 2.86. The maximum Gasteiger partial charge on any atom is 0.103 e. The number of aliphatic hydroxyl groups excluding tert-OH is 1. The second-order valence-corrected chi connectivity index (χ2v) is 3.74. The number of benzene rings is 1. The number of aliphatic hydroxyl groups is 1. The van der Waals surface area contributed by atoms with Gasteiger partial charge in [-0.3, -0.25) is 0 Å².